The molecule has 0 aromatic heterocycles. The van der Waals surface area contributed by atoms with E-state index >= 15 is 0 Å². The smallest absolute Gasteiger partial charge is 0.261 e. The van der Waals surface area contributed by atoms with Gasteiger partial charge in [0, 0.05) is 7.11 Å². The molecule has 0 N–H and O–H groups in total. The van der Waals surface area contributed by atoms with Gasteiger partial charge in [-0.2, -0.15) is 0 Å². The largest absolute Gasteiger partial charge is 0.405 e. The first-order chi connectivity index (χ1) is 27.0. The lowest BCUT2D eigenvalue weighted by molar-refractivity contribution is -0.0282. The zero-order chi connectivity index (χ0) is 39.4. The summed E-state index contributed by atoms with van der Waals surface area (Å²) < 4.78 is 72.6. The molecule has 0 spiro atoms. The fraction of sp³-hybridized carbons (Fsp3) is 0.707. The minimum Gasteiger partial charge on any atom is -0.405 e. The van der Waals surface area contributed by atoms with Gasteiger partial charge in [0.15, 0.2) is 0 Å². The molecular weight excluding hydrogens is 729 g/mol. The van der Waals surface area contributed by atoms with Gasteiger partial charge in [0.25, 0.3) is 8.32 Å². The normalized spacial score (nSPS) is 12.1. The van der Waals surface area contributed by atoms with E-state index in [1.807, 2.05) is 0 Å². The number of hydrogen-bond donors (Lipinski definition) is 0. The number of rotatable bonds is 39. The van der Waals surface area contributed by atoms with E-state index in [0.717, 1.165) is 0 Å². The summed E-state index contributed by atoms with van der Waals surface area (Å²) in [6, 6.07) is 21.3. The molecule has 55 heavy (non-hydrogen) atoms. The summed E-state index contributed by atoms with van der Waals surface area (Å²) in [6.07, 6.45) is 0. The Hall–Kier alpha value is -1.86. The lowest BCUT2D eigenvalue weighted by Crippen LogP contribution is -2.66. The predicted octanol–water partition coefficient (Wildman–Crippen LogP) is 3.39. The third-order valence-electron chi connectivity index (χ3n) is 8.11. The topological polar surface area (TPSA) is 120 Å². The Morgan fingerprint density at radius 3 is 0.764 bits per heavy atom. The first-order valence-electron chi connectivity index (χ1n) is 19.6. The van der Waals surface area contributed by atoms with Crippen LogP contribution in [0.5, 0.6) is 0 Å². The Labute approximate surface area is 331 Å². The fourth-order valence-electron chi connectivity index (χ4n) is 5.46. The van der Waals surface area contributed by atoms with E-state index in [1.165, 1.54) is 10.4 Å². The van der Waals surface area contributed by atoms with Gasteiger partial charge in [0.2, 0.25) is 0 Å². The zero-order valence-electron chi connectivity index (χ0n) is 34.1. The van der Waals surface area contributed by atoms with Crippen molar-refractivity contribution in [1.82, 2.24) is 0 Å². The van der Waals surface area contributed by atoms with Gasteiger partial charge in [0.1, 0.15) is 0 Å². The molecule has 0 aliphatic carbocycles. The van der Waals surface area contributed by atoms with Gasteiger partial charge in [-0.05, 0) is 15.4 Å². The van der Waals surface area contributed by atoms with E-state index in [2.05, 4.69) is 81.4 Å². The highest BCUT2D eigenvalue weighted by molar-refractivity contribution is 6.99. The van der Waals surface area contributed by atoms with Crippen LogP contribution in [0.15, 0.2) is 60.7 Å². The van der Waals surface area contributed by atoms with Crippen LogP contribution < -0.4 is 10.4 Å². The molecule has 2 aromatic rings. The first-order valence-corrected chi connectivity index (χ1v) is 21.5. The molecule has 0 unspecified atom stereocenters. The van der Waals surface area contributed by atoms with E-state index in [0.29, 0.717) is 159 Å². The van der Waals surface area contributed by atoms with Crippen molar-refractivity contribution in [3.63, 3.8) is 0 Å². The van der Waals surface area contributed by atoms with E-state index in [4.69, 9.17) is 61.3 Å². The minimum atomic E-state index is -2.54. The van der Waals surface area contributed by atoms with Crippen LogP contribution >= 0.6 is 0 Å². The van der Waals surface area contributed by atoms with Crippen LogP contribution in [0.2, 0.25) is 5.04 Å². The minimum absolute atomic E-state index is 0.0573. The van der Waals surface area contributed by atoms with Crippen LogP contribution in [0.1, 0.15) is 20.8 Å². The van der Waals surface area contributed by atoms with E-state index in [-0.39, 0.29) is 5.04 Å². The highest BCUT2D eigenvalue weighted by atomic mass is 28.4. The molecule has 0 fully saturated rings. The Kier molecular flexibility index (Phi) is 30.6. The summed E-state index contributed by atoms with van der Waals surface area (Å²) in [6.45, 7) is 19.3. The molecule has 0 bridgehead atoms. The SMILES string of the molecule is COCCOCCOCCOCCOCCOCCOCCOCCOCCOCCOCCOCCO[Si](c1ccccc1)(c1ccccc1)C(C)(C)C. The molecule has 13 nitrogen and oxygen atoms in total. The maximum Gasteiger partial charge on any atom is 0.261 e. The number of methoxy groups -OCH3 is 1. The van der Waals surface area contributed by atoms with E-state index in [9.17, 15) is 0 Å². The second-order valence-corrected chi connectivity index (χ2v) is 17.5. The Balaban J connectivity index is 1.29. The van der Waals surface area contributed by atoms with Crippen LogP contribution in [0.25, 0.3) is 0 Å². The summed E-state index contributed by atoms with van der Waals surface area (Å²) in [4.78, 5) is 0. The molecule has 0 aliphatic heterocycles. The monoisotopic (exact) mass is 798 g/mol. The standard InChI is InChI=1S/C41H70O13Si/c1-41(2,3)55(39-11-7-5-8-12-39,40-13-9-6-10-14-40)54-38-37-53-36-35-52-34-33-51-32-31-50-30-29-49-28-27-48-26-25-47-24-23-46-22-21-45-20-19-44-18-17-43-16-15-42-4/h5-14H,15-38H2,1-4H3. The van der Waals surface area contributed by atoms with Crippen molar-refractivity contribution >= 4 is 18.7 Å². The lowest BCUT2D eigenvalue weighted by Gasteiger charge is -2.43. The van der Waals surface area contributed by atoms with E-state index in [1.54, 1.807) is 7.11 Å². The van der Waals surface area contributed by atoms with Gasteiger partial charge >= 0.3 is 0 Å². The van der Waals surface area contributed by atoms with Gasteiger partial charge < -0.3 is 61.3 Å². The molecule has 0 saturated carbocycles. The number of hydrogen-bond acceptors (Lipinski definition) is 13. The highest BCUT2D eigenvalue weighted by Gasteiger charge is 2.50. The van der Waals surface area contributed by atoms with Crippen LogP contribution in [-0.4, -0.2) is 174 Å². The van der Waals surface area contributed by atoms with Crippen LogP contribution in [0, 0.1) is 0 Å². The van der Waals surface area contributed by atoms with Crippen molar-refractivity contribution in [2.75, 3.05) is 166 Å². The third kappa shape index (κ3) is 23.8. The van der Waals surface area contributed by atoms with Crippen molar-refractivity contribution in [2.45, 2.75) is 25.8 Å². The predicted molar refractivity (Wildman–Crippen MR) is 214 cm³/mol. The molecule has 0 saturated heterocycles. The van der Waals surface area contributed by atoms with Gasteiger partial charge in [-0.1, -0.05) is 81.4 Å². The summed E-state index contributed by atoms with van der Waals surface area (Å²) in [7, 11) is -0.893. The molecule has 316 valence electrons. The van der Waals surface area contributed by atoms with Crippen molar-refractivity contribution in [3.8, 4) is 0 Å². The fourth-order valence-corrected chi connectivity index (χ4v) is 10.0. The van der Waals surface area contributed by atoms with Crippen molar-refractivity contribution in [3.05, 3.63) is 60.7 Å². The summed E-state index contributed by atoms with van der Waals surface area (Å²) >= 11 is 0. The molecule has 14 heteroatoms. The molecule has 0 radical (unpaired) electrons. The summed E-state index contributed by atoms with van der Waals surface area (Å²) in [5.41, 5.74) is 0. The third-order valence-corrected chi connectivity index (χ3v) is 13.2. The number of benzene rings is 2. The average Bonchev–Trinajstić information content (AvgIpc) is 3.19. The molecule has 2 aromatic carbocycles. The molecule has 2 rings (SSSR count). The lowest BCUT2D eigenvalue weighted by atomic mass is 10.2. The van der Waals surface area contributed by atoms with Gasteiger partial charge in [-0.15, -0.1) is 0 Å². The zero-order valence-corrected chi connectivity index (χ0v) is 35.1. The quantitative estimate of drug-likeness (QED) is 0.0728. The molecular formula is C41H70O13Si. The van der Waals surface area contributed by atoms with Crippen LogP contribution in [-0.2, 0) is 61.3 Å². The molecule has 0 atom stereocenters. The van der Waals surface area contributed by atoms with Crippen molar-refractivity contribution in [1.29, 1.82) is 0 Å². The maximum absolute atomic E-state index is 6.85. The molecule has 0 amide bonds. The van der Waals surface area contributed by atoms with Crippen LogP contribution in [0.3, 0.4) is 0 Å². The van der Waals surface area contributed by atoms with E-state index < -0.39 is 8.32 Å². The van der Waals surface area contributed by atoms with Gasteiger partial charge in [0.05, 0.1) is 159 Å². The number of ether oxygens (including phenoxy) is 12. The summed E-state index contributed by atoms with van der Waals surface area (Å²) in [5, 5.41) is 2.48. The average molecular weight is 799 g/mol. The van der Waals surface area contributed by atoms with Gasteiger partial charge in [-0.25, -0.2) is 0 Å². The molecule has 0 aliphatic rings. The van der Waals surface area contributed by atoms with Gasteiger partial charge in [-0.3, -0.25) is 0 Å². The summed E-state index contributed by atoms with van der Waals surface area (Å²) in [5.74, 6) is 0. The Morgan fingerprint density at radius 2 is 0.545 bits per heavy atom. The van der Waals surface area contributed by atoms with Crippen LogP contribution in [0.4, 0.5) is 0 Å². The second-order valence-electron chi connectivity index (χ2n) is 13.2. The Morgan fingerprint density at radius 1 is 0.327 bits per heavy atom. The highest BCUT2D eigenvalue weighted by Crippen LogP contribution is 2.36. The maximum atomic E-state index is 6.85. The second kappa shape index (κ2) is 34.2. The van der Waals surface area contributed by atoms with Crippen molar-refractivity contribution < 1.29 is 61.3 Å². The van der Waals surface area contributed by atoms with Crippen molar-refractivity contribution in [2.24, 2.45) is 0 Å². The first kappa shape index (κ1) is 49.3. The Bertz CT molecular complexity index is 1060. The molecule has 0 heterocycles.